The topological polar surface area (TPSA) is 3.24 Å². The van der Waals surface area contributed by atoms with E-state index in [1.54, 1.807) is 0 Å². The molecular formula is C13H24FN. The number of nitrogens with zero attached hydrogens (tertiary/aromatic N) is 1. The van der Waals surface area contributed by atoms with E-state index in [4.69, 9.17) is 0 Å². The zero-order chi connectivity index (χ0) is 10.5. The molecule has 2 fully saturated rings. The van der Waals surface area contributed by atoms with Crippen molar-refractivity contribution in [2.75, 3.05) is 26.3 Å². The minimum Gasteiger partial charge on any atom is -0.303 e. The molecule has 1 unspecified atom stereocenters. The smallest absolute Gasteiger partial charge is 0.0906 e. The van der Waals surface area contributed by atoms with E-state index in [9.17, 15) is 4.39 Å². The second-order valence-corrected chi connectivity index (χ2v) is 5.29. The minimum atomic E-state index is -0.148. The molecule has 0 aromatic rings. The van der Waals surface area contributed by atoms with Gasteiger partial charge in [-0.05, 0) is 31.2 Å². The molecule has 2 heteroatoms. The van der Waals surface area contributed by atoms with Gasteiger partial charge in [-0.3, -0.25) is 4.39 Å². The van der Waals surface area contributed by atoms with Crippen LogP contribution < -0.4 is 0 Å². The molecule has 0 spiro atoms. The van der Waals surface area contributed by atoms with Crippen LogP contribution in [0.3, 0.4) is 0 Å². The molecule has 15 heavy (non-hydrogen) atoms. The molecule has 1 atom stereocenters. The van der Waals surface area contributed by atoms with Crippen molar-refractivity contribution in [3.8, 4) is 0 Å². The predicted octanol–water partition coefficient (Wildman–Crippen LogP) is 3.25. The van der Waals surface area contributed by atoms with Crippen molar-refractivity contribution in [1.29, 1.82) is 0 Å². The summed E-state index contributed by atoms with van der Waals surface area (Å²) in [7, 11) is 0. The Balaban J connectivity index is 1.71. The lowest BCUT2D eigenvalue weighted by Crippen LogP contribution is -2.25. The van der Waals surface area contributed by atoms with Crippen molar-refractivity contribution in [3.05, 3.63) is 0 Å². The molecule has 2 aliphatic rings. The van der Waals surface area contributed by atoms with Gasteiger partial charge in [-0.15, -0.1) is 0 Å². The summed E-state index contributed by atoms with van der Waals surface area (Å²) in [5.41, 5.74) is 0. The molecule has 0 bridgehead atoms. The van der Waals surface area contributed by atoms with Crippen molar-refractivity contribution in [3.63, 3.8) is 0 Å². The lowest BCUT2D eigenvalue weighted by molar-refractivity contribution is 0.233. The lowest BCUT2D eigenvalue weighted by Gasteiger charge is -2.27. The van der Waals surface area contributed by atoms with Crippen LogP contribution in [-0.4, -0.2) is 31.2 Å². The van der Waals surface area contributed by atoms with Gasteiger partial charge in [-0.2, -0.15) is 0 Å². The van der Waals surface area contributed by atoms with Gasteiger partial charge in [-0.1, -0.05) is 32.1 Å². The molecule has 1 aliphatic heterocycles. The van der Waals surface area contributed by atoms with Gasteiger partial charge in [0, 0.05) is 13.1 Å². The summed E-state index contributed by atoms with van der Waals surface area (Å²) >= 11 is 0. The average Bonchev–Trinajstić information content (AvgIpc) is 2.76. The number of rotatable bonds is 4. The van der Waals surface area contributed by atoms with E-state index in [1.165, 1.54) is 51.6 Å². The maximum absolute atomic E-state index is 12.1. The van der Waals surface area contributed by atoms with E-state index in [1.807, 2.05) is 0 Å². The fraction of sp³-hybridized carbons (Fsp3) is 1.00. The first-order valence-corrected chi connectivity index (χ1v) is 6.68. The first kappa shape index (κ1) is 11.4. The maximum atomic E-state index is 12.1. The van der Waals surface area contributed by atoms with Crippen LogP contribution in [0.2, 0.25) is 0 Å². The second kappa shape index (κ2) is 5.83. The number of likely N-dealkylation sites (tertiary alicyclic amines) is 1. The molecular weight excluding hydrogens is 189 g/mol. The van der Waals surface area contributed by atoms with Crippen LogP contribution in [0, 0.1) is 11.8 Å². The van der Waals surface area contributed by atoms with E-state index in [2.05, 4.69) is 4.90 Å². The summed E-state index contributed by atoms with van der Waals surface area (Å²) < 4.78 is 12.1. The first-order chi connectivity index (χ1) is 7.40. The minimum absolute atomic E-state index is 0.148. The predicted molar refractivity (Wildman–Crippen MR) is 61.7 cm³/mol. The van der Waals surface area contributed by atoms with Crippen molar-refractivity contribution < 1.29 is 4.39 Å². The van der Waals surface area contributed by atoms with Crippen molar-refractivity contribution >= 4 is 0 Å². The Morgan fingerprint density at radius 1 is 1.00 bits per heavy atom. The third-order valence-corrected chi connectivity index (χ3v) is 4.23. The third kappa shape index (κ3) is 3.17. The van der Waals surface area contributed by atoms with Gasteiger partial charge < -0.3 is 4.90 Å². The molecule has 1 saturated carbocycles. The Morgan fingerprint density at radius 2 is 1.80 bits per heavy atom. The van der Waals surface area contributed by atoms with Crippen LogP contribution in [0.4, 0.5) is 4.39 Å². The Hall–Kier alpha value is -0.110. The third-order valence-electron chi connectivity index (χ3n) is 4.23. The molecule has 0 aromatic carbocycles. The standard InChI is InChI=1S/C13H24FN/c14-8-4-9-15-10-7-13(11-15)12-5-2-1-3-6-12/h12-13H,1-11H2. The van der Waals surface area contributed by atoms with Crippen molar-refractivity contribution in [2.45, 2.75) is 44.9 Å². The first-order valence-electron chi connectivity index (χ1n) is 6.68. The van der Waals surface area contributed by atoms with Gasteiger partial charge in [0.25, 0.3) is 0 Å². The number of hydrogen-bond donors (Lipinski definition) is 0. The average molecular weight is 213 g/mol. The van der Waals surface area contributed by atoms with Crippen LogP contribution in [0.25, 0.3) is 0 Å². The lowest BCUT2D eigenvalue weighted by atomic mass is 9.80. The summed E-state index contributed by atoms with van der Waals surface area (Å²) in [6.07, 6.45) is 9.38. The Kier molecular flexibility index (Phi) is 4.42. The molecule has 88 valence electrons. The molecule has 0 aromatic heterocycles. The maximum Gasteiger partial charge on any atom is 0.0906 e. The summed E-state index contributed by atoms with van der Waals surface area (Å²) in [5.74, 6) is 1.93. The molecule has 0 radical (unpaired) electrons. The zero-order valence-electron chi connectivity index (χ0n) is 9.76. The van der Waals surface area contributed by atoms with Gasteiger partial charge in [0.05, 0.1) is 6.67 Å². The van der Waals surface area contributed by atoms with Gasteiger partial charge >= 0.3 is 0 Å². The summed E-state index contributed by atoms with van der Waals surface area (Å²) in [5, 5.41) is 0. The molecule has 0 N–H and O–H groups in total. The van der Waals surface area contributed by atoms with E-state index in [-0.39, 0.29) is 6.67 Å². The van der Waals surface area contributed by atoms with Gasteiger partial charge in [-0.25, -0.2) is 0 Å². The van der Waals surface area contributed by atoms with Crippen LogP contribution in [0.5, 0.6) is 0 Å². The monoisotopic (exact) mass is 213 g/mol. The number of alkyl halides is 1. The normalized spacial score (nSPS) is 29.8. The largest absolute Gasteiger partial charge is 0.303 e. The Bertz CT molecular complexity index is 177. The van der Waals surface area contributed by atoms with Crippen LogP contribution in [-0.2, 0) is 0 Å². The van der Waals surface area contributed by atoms with E-state index < -0.39 is 0 Å². The summed E-state index contributed by atoms with van der Waals surface area (Å²) in [6, 6.07) is 0. The van der Waals surface area contributed by atoms with E-state index in [0.717, 1.165) is 24.8 Å². The Labute approximate surface area is 93.0 Å². The van der Waals surface area contributed by atoms with E-state index >= 15 is 0 Å². The van der Waals surface area contributed by atoms with Crippen molar-refractivity contribution in [1.82, 2.24) is 4.90 Å². The highest BCUT2D eigenvalue weighted by Gasteiger charge is 2.29. The van der Waals surface area contributed by atoms with Gasteiger partial charge in [0.1, 0.15) is 0 Å². The van der Waals surface area contributed by atoms with Gasteiger partial charge in [0.2, 0.25) is 0 Å². The molecule has 1 saturated heterocycles. The van der Waals surface area contributed by atoms with Crippen LogP contribution in [0.1, 0.15) is 44.9 Å². The van der Waals surface area contributed by atoms with Crippen molar-refractivity contribution in [2.24, 2.45) is 11.8 Å². The fourth-order valence-corrected chi connectivity index (χ4v) is 3.34. The molecule has 2 rings (SSSR count). The molecule has 1 aliphatic carbocycles. The Morgan fingerprint density at radius 3 is 2.53 bits per heavy atom. The van der Waals surface area contributed by atoms with Gasteiger partial charge in [0.15, 0.2) is 0 Å². The highest BCUT2D eigenvalue weighted by Crippen LogP contribution is 2.34. The fourth-order valence-electron chi connectivity index (χ4n) is 3.34. The van der Waals surface area contributed by atoms with Crippen LogP contribution in [0.15, 0.2) is 0 Å². The SMILES string of the molecule is FCCCN1CCC(C2CCCCC2)C1. The highest BCUT2D eigenvalue weighted by atomic mass is 19.1. The second-order valence-electron chi connectivity index (χ2n) is 5.29. The summed E-state index contributed by atoms with van der Waals surface area (Å²) in [4.78, 5) is 2.47. The number of halogens is 1. The van der Waals surface area contributed by atoms with E-state index in [0.29, 0.717) is 0 Å². The molecule has 1 heterocycles. The highest BCUT2D eigenvalue weighted by molar-refractivity contribution is 4.82. The quantitative estimate of drug-likeness (QED) is 0.693. The zero-order valence-corrected chi connectivity index (χ0v) is 9.76. The number of hydrogen-bond acceptors (Lipinski definition) is 1. The molecule has 0 amide bonds. The van der Waals surface area contributed by atoms with Crippen LogP contribution >= 0.6 is 0 Å². The summed E-state index contributed by atoms with van der Waals surface area (Å²) in [6.45, 7) is 3.32. The molecule has 1 nitrogen and oxygen atoms in total.